The molecule has 0 aliphatic carbocycles. The summed E-state index contributed by atoms with van der Waals surface area (Å²) in [6.45, 7) is 0.889. The molecule has 0 radical (unpaired) electrons. The smallest absolute Gasteiger partial charge is 0.0494 e. The molecule has 0 saturated carbocycles. The van der Waals surface area contributed by atoms with E-state index >= 15 is 0 Å². The third-order valence-corrected chi connectivity index (χ3v) is 4.56. The van der Waals surface area contributed by atoms with Crippen molar-refractivity contribution in [3.05, 3.63) is 64.2 Å². The molecule has 2 aromatic heterocycles. The molecule has 0 unspecified atom stereocenters. The second kappa shape index (κ2) is 5.38. The largest absolute Gasteiger partial charge is 0.380 e. The van der Waals surface area contributed by atoms with Gasteiger partial charge in [-0.1, -0.05) is 24.3 Å². The van der Waals surface area contributed by atoms with Crippen molar-refractivity contribution in [2.24, 2.45) is 0 Å². The van der Waals surface area contributed by atoms with Crippen LogP contribution in [0.3, 0.4) is 0 Å². The number of nitrogens with one attached hydrogen (secondary N) is 1. The van der Waals surface area contributed by atoms with E-state index in [2.05, 4.69) is 46.4 Å². The molecule has 1 nitrogen and oxygen atoms in total. The third-order valence-electron chi connectivity index (χ3n) is 2.70. The molecular formula is C15H13NS2. The van der Waals surface area contributed by atoms with Gasteiger partial charge in [0.1, 0.15) is 0 Å². The Balaban J connectivity index is 1.68. The van der Waals surface area contributed by atoms with Crippen LogP contribution in [0.1, 0.15) is 4.88 Å². The highest BCUT2D eigenvalue weighted by Crippen LogP contribution is 2.29. The summed E-state index contributed by atoms with van der Waals surface area (Å²) < 4.78 is 0. The second-order valence-corrected chi connectivity index (χ2v) is 5.94. The van der Waals surface area contributed by atoms with Gasteiger partial charge in [0.25, 0.3) is 0 Å². The van der Waals surface area contributed by atoms with Gasteiger partial charge in [0, 0.05) is 27.5 Å². The first kappa shape index (κ1) is 11.5. The summed E-state index contributed by atoms with van der Waals surface area (Å²) in [6.07, 6.45) is 0. The first-order chi connectivity index (χ1) is 8.92. The van der Waals surface area contributed by atoms with Gasteiger partial charge in [0.15, 0.2) is 0 Å². The summed E-state index contributed by atoms with van der Waals surface area (Å²) in [6, 6.07) is 16.8. The van der Waals surface area contributed by atoms with Gasteiger partial charge >= 0.3 is 0 Å². The number of rotatable bonds is 4. The minimum atomic E-state index is 0.889. The van der Waals surface area contributed by atoms with E-state index < -0.39 is 0 Å². The topological polar surface area (TPSA) is 12.0 Å². The third kappa shape index (κ3) is 2.63. The lowest BCUT2D eigenvalue weighted by atomic mass is 10.2. The van der Waals surface area contributed by atoms with Gasteiger partial charge in [0.2, 0.25) is 0 Å². The second-order valence-electron chi connectivity index (χ2n) is 4.00. The van der Waals surface area contributed by atoms with Crippen LogP contribution >= 0.6 is 22.7 Å². The van der Waals surface area contributed by atoms with Gasteiger partial charge in [-0.25, -0.2) is 0 Å². The van der Waals surface area contributed by atoms with E-state index in [0.717, 1.165) is 6.54 Å². The summed E-state index contributed by atoms with van der Waals surface area (Å²) in [7, 11) is 0. The molecule has 3 rings (SSSR count). The van der Waals surface area contributed by atoms with Crippen LogP contribution in [0.5, 0.6) is 0 Å². The fourth-order valence-electron chi connectivity index (χ4n) is 1.79. The lowest BCUT2D eigenvalue weighted by Crippen LogP contribution is -1.96. The summed E-state index contributed by atoms with van der Waals surface area (Å²) in [5, 5.41) is 7.78. The molecule has 0 bridgehead atoms. The van der Waals surface area contributed by atoms with E-state index in [0.29, 0.717) is 0 Å². The molecule has 3 heteroatoms. The molecule has 90 valence electrons. The van der Waals surface area contributed by atoms with E-state index in [1.165, 1.54) is 21.0 Å². The first-order valence-electron chi connectivity index (χ1n) is 5.82. The Morgan fingerprint density at radius 3 is 2.61 bits per heavy atom. The number of hydrogen-bond donors (Lipinski definition) is 1. The highest BCUT2D eigenvalue weighted by molar-refractivity contribution is 7.14. The van der Waals surface area contributed by atoms with Gasteiger partial charge in [-0.3, -0.25) is 0 Å². The van der Waals surface area contributed by atoms with Crippen LogP contribution in [0, 0.1) is 0 Å². The monoisotopic (exact) mass is 271 g/mol. The lowest BCUT2D eigenvalue weighted by Gasteiger charge is -2.03. The Bertz CT molecular complexity index is 596. The van der Waals surface area contributed by atoms with Gasteiger partial charge in [0.05, 0.1) is 0 Å². The Labute approximate surface area is 115 Å². The van der Waals surface area contributed by atoms with Gasteiger partial charge in [-0.15, -0.1) is 22.7 Å². The molecule has 0 saturated heterocycles. The zero-order valence-corrected chi connectivity index (χ0v) is 11.4. The maximum Gasteiger partial charge on any atom is 0.0494 e. The molecule has 3 aromatic rings. The number of para-hydroxylation sites is 1. The fraction of sp³-hybridized carbons (Fsp3) is 0.0667. The van der Waals surface area contributed by atoms with E-state index in [-0.39, 0.29) is 0 Å². The average Bonchev–Trinajstić information content (AvgIpc) is 3.08. The Morgan fingerprint density at radius 1 is 0.944 bits per heavy atom. The average molecular weight is 271 g/mol. The van der Waals surface area contributed by atoms with Gasteiger partial charge in [-0.2, -0.15) is 0 Å². The van der Waals surface area contributed by atoms with Crippen molar-refractivity contribution in [2.75, 3.05) is 5.32 Å². The Kier molecular flexibility index (Phi) is 3.44. The molecule has 0 spiro atoms. The van der Waals surface area contributed by atoms with Crippen molar-refractivity contribution in [3.63, 3.8) is 0 Å². The summed E-state index contributed by atoms with van der Waals surface area (Å²) in [5.74, 6) is 0. The van der Waals surface area contributed by atoms with Crippen LogP contribution in [-0.4, -0.2) is 0 Å². The van der Waals surface area contributed by atoms with Crippen LogP contribution in [-0.2, 0) is 6.54 Å². The van der Waals surface area contributed by atoms with Crippen LogP contribution in [0.2, 0.25) is 0 Å². The standard InChI is InChI=1S/C15H13NS2/c1-2-5-13(6-3-1)16-10-14-9-12(11-18-14)15-7-4-8-17-15/h1-9,11,16H,10H2. The zero-order chi connectivity index (χ0) is 12.2. The van der Waals surface area contributed by atoms with Crippen LogP contribution in [0.15, 0.2) is 59.3 Å². The van der Waals surface area contributed by atoms with Gasteiger partial charge in [-0.05, 0) is 35.0 Å². The van der Waals surface area contributed by atoms with Crippen molar-refractivity contribution in [2.45, 2.75) is 6.54 Å². The molecule has 0 atom stereocenters. The predicted octanol–water partition coefficient (Wildman–Crippen LogP) is 5.09. The molecule has 18 heavy (non-hydrogen) atoms. The van der Waals surface area contributed by atoms with E-state index in [1.807, 2.05) is 29.5 Å². The van der Waals surface area contributed by atoms with Crippen LogP contribution < -0.4 is 5.32 Å². The highest BCUT2D eigenvalue weighted by atomic mass is 32.1. The molecule has 1 aromatic carbocycles. The summed E-state index contributed by atoms with van der Waals surface area (Å²) in [5.41, 5.74) is 2.50. The van der Waals surface area contributed by atoms with Crippen molar-refractivity contribution >= 4 is 28.4 Å². The maximum atomic E-state index is 3.43. The van der Waals surface area contributed by atoms with Gasteiger partial charge < -0.3 is 5.32 Å². The SMILES string of the molecule is c1ccc(NCc2cc(-c3cccs3)cs2)cc1. The zero-order valence-electron chi connectivity index (χ0n) is 9.80. The number of hydrogen-bond acceptors (Lipinski definition) is 3. The number of benzene rings is 1. The summed E-state index contributed by atoms with van der Waals surface area (Å²) in [4.78, 5) is 2.71. The quantitative estimate of drug-likeness (QED) is 0.697. The van der Waals surface area contributed by atoms with E-state index in [4.69, 9.17) is 0 Å². The number of thiophene rings is 2. The van der Waals surface area contributed by atoms with Crippen LogP contribution in [0.25, 0.3) is 10.4 Å². The van der Waals surface area contributed by atoms with Crippen molar-refractivity contribution in [1.82, 2.24) is 0 Å². The summed E-state index contributed by atoms with van der Waals surface area (Å²) >= 11 is 3.60. The molecule has 0 aliphatic rings. The first-order valence-corrected chi connectivity index (χ1v) is 7.58. The lowest BCUT2D eigenvalue weighted by molar-refractivity contribution is 1.19. The van der Waals surface area contributed by atoms with Crippen molar-refractivity contribution in [3.8, 4) is 10.4 Å². The molecule has 0 aliphatic heterocycles. The molecular weight excluding hydrogens is 258 g/mol. The minimum absolute atomic E-state index is 0.889. The van der Waals surface area contributed by atoms with E-state index in [1.54, 1.807) is 11.3 Å². The molecule has 2 heterocycles. The fourth-order valence-corrected chi connectivity index (χ4v) is 3.40. The highest BCUT2D eigenvalue weighted by Gasteiger charge is 2.03. The van der Waals surface area contributed by atoms with E-state index in [9.17, 15) is 0 Å². The molecule has 0 amide bonds. The van der Waals surface area contributed by atoms with Crippen molar-refractivity contribution < 1.29 is 0 Å². The Hall–Kier alpha value is -1.58. The number of anilines is 1. The van der Waals surface area contributed by atoms with Crippen LogP contribution in [0.4, 0.5) is 5.69 Å². The maximum absolute atomic E-state index is 3.43. The normalized spacial score (nSPS) is 10.4. The molecule has 1 N–H and O–H groups in total. The Morgan fingerprint density at radius 2 is 1.83 bits per heavy atom. The predicted molar refractivity (Wildman–Crippen MR) is 81.4 cm³/mol. The minimum Gasteiger partial charge on any atom is -0.380 e. The van der Waals surface area contributed by atoms with Crippen molar-refractivity contribution in [1.29, 1.82) is 0 Å². The molecule has 0 fully saturated rings.